The average Bonchev–Trinajstić information content (AvgIpc) is 2.32. The van der Waals surface area contributed by atoms with E-state index in [1.165, 1.54) is 12.1 Å². The Bertz CT molecular complexity index is 620. The molecule has 1 aliphatic rings. The van der Waals surface area contributed by atoms with Crippen LogP contribution in [-0.2, 0) is 0 Å². The lowest BCUT2D eigenvalue weighted by Crippen LogP contribution is -2.38. The highest BCUT2D eigenvalue weighted by Gasteiger charge is 2.31. The molecular weight excluding hydrogens is 344 g/mol. The first-order valence-electron chi connectivity index (χ1n) is 5.42. The van der Waals surface area contributed by atoms with Gasteiger partial charge in [-0.2, -0.15) is 0 Å². The third-order valence-corrected chi connectivity index (χ3v) is 3.14. The molecule has 1 aromatic carbocycles. The fourth-order valence-corrected chi connectivity index (χ4v) is 1.96. The van der Waals surface area contributed by atoms with Crippen LogP contribution in [0.5, 0.6) is 5.75 Å². The third-order valence-electron chi connectivity index (χ3n) is 2.36. The van der Waals surface area contributed by atoms with Crippen LogP contribution in [0.1, 0.15) is 6.42 Å². The number of phenolic OH excluding ortho intramolecular Hbond substituents is 1. The fourth-order valence-electron chi connectivity index (χ4n) is 1.52. The number of aliphatic imine (C=N–C) groups is 2. The lowest BCUT2D eigenvalue weighted by atomic mass is 10.2. The van der Waals surface area contributed by atoms with E-state index in [9.17, 15) is 5.11 Å². The summed E-state index contributed by atoms with van der Waals surface area (Å²) in [5.74, 6) is 0.448. The maximum Gasteiger partial charge on any atom is 0.248 e. The summed E-state index contributed by atoms with van der Waals surface area (Å²) < 4.78 is -1.71. The van der Waals surface area contributed by atoms with Crippen molar-refractivity contribution in [2.75, 3.05) is 0 Å². The second-order valence-corrected chi connectivity index (χ2v) is 6.74. The number of hydrogen-bond donors (Lipinski definition) is 2. The normalized spacial score (nSPS) is 17.9. The van der Waals surface area contributed by atoms with Gasteiger partial charge in [-0.3, -0.25) is 0 Å². The highest BCUT2D eigenvalue weighted by molar-refractivity contribution is 6.76. The number of amidine groups is 2. The van der Waals surface area contributed by atoms with Gasteiger partial charge in [0.15, 0.2) is 5.84 Å². The molecule has 8 heteroatoms. The molecule has 2 N–H and O–H groups in total. The Balaban J connectivity index is 2.43. The quantitative estimate of drug-likeness (QED) is 0.738. The smallest absolute Gasteiger partial charge is 0.248 e. The van der Waals surface area contributed by atoms with Crippen LogP contribution in [-0.4, -0.2) is 20.6 Å². The van der Waals surface area contributed by atoms with Crippen LogP contribution in [0.25, 0.3) is 0 Å². The minimum absolute atomic E-state index is 0.0170. The molecule has 0 atom stereocenters. The molecule has 0 unspecified atom stereocenters. The van der Waals surface area contributed by atoms with Crippen molar-refractivity contribution in [1.29, 1.82) is 0 Å². The van der Waals surface area contributed by atoms with Crippen molar-refractivity contribution in [2.24, 2.45) is 9.98 Å². The molecule has 106 valence electrons. The van der Waals surface area contributed by atoms with Gasteiger partial charge in [0.1, 0.15) is 17.3 Å². The molecule has 4 nitrogen and oxygen atoms in total. The summed E-state index contributed by atoms with van der Waals surface area (Å²) >= 11 is 23.2. The number of benzene rings is 1. The van der Waals surface area contributed by atoms with E-state index in [0.29, 0.717) is 23.0 Å². The van der Waals surface area contributed by atoms with E-state index in [2.05, 4.69) is 21.9 Å². The van der Waals surface area contributed by atoms with Gasteiger partial charge in [0.2, 0.25) is 3.79 Å². The lowest BCUT2D eigenvalue weighted by Gasteiger charge is -2.22. The van der Waals surface area contributed by atoms with Crippen LogP contribution >= 0.6 is 46.4 Å². The maximum atomic E-state index is 9.73. The summed E-state index contributed by atoms with van der Waals surface area (Å²) in [6, 6.07) is 4.51. The largest absolute Gasteiger partial charge is 0.506 e. The highest BCUT2D eigenvalue weighted by atomic mass is 35.6. The van der Waals surface area contributed by atoms with E-state index in [1.807, 2.05) is 0 Å². The van der Waals surface area contributed by atoms with E-state index in [0.717, 1.165) is 0 Å². The van der Waals surface area contributed by atoms with Gasteiger partial charge in [-0.25, -0.2) is 9.98 Å². The van der Waals surface area contributed by atoms with Gasteiger partial charge >= 0.3 is 0 Å². The van der Waals surface area contributed by atoms with Crippen molar-refractivity contribution in [2.45, 2.75) is 10.2 Å². The van der Waals surface area contributed by atoms with Crippen LogP contribution < -0.4 is 5.32 Å². The minimum atomic E-state index is -1.71. The first-order valence-corrected chi connectivity index (χ1v) is 6.93. The van der Waals surface area contributed by atoms with Crippen LogP contribution in [0.15, 0.2) is 40.5 Å². The summed E-state index contributed by atoms with van der Waals surface area (Å²) in [5, 5.41) is 13.0. The van der Waals surface area contributed by atoms with Crippen LogP contribution in [0, 0.1) is 0 Å². The summed E-state index contributed by atoms with van der Waals surface area (Å²) in [6.07, 6.45) is 0.343. The molecular formula is C12H9Cl4N3O. The van der Waals surface area contributed by atoms with Crippen molar-refractivity contribution in [3.63, 3.8) is 0 Å². The molecule has 0 bridgehead atoms. The van der Waals surface area contributed by atoms with Gasteiger partial charge in [-0.1, -0.05) is 53.0 Å². The second kappa shape index (κ2) is 5.82. The SMILES string of the molecule is C=C1CC(=Nc2cc(Cl)ccc2O)N=C(C(Cl)(Cl)Cl)N1. The van der Waals surface area contributed by atoms with E-state index in [-0.39, 0.29) is 17.3 Å². The van der Waals surface area contributed by atoms with Crippen LogP contribution in [0.4, 0.5) is 5.69 Å². The molecule has 0 aliphatic carbocycles. The molecule has 20 heavy (non-hydrogen) atoms. The van der Waals surface area contributed by atoms with E-state index < -0.39 is 3.79 Å². The number of phenols is 1. The van der Waals surface area contributed by atoms with Crippen molar-refractivity contribution >= 4 is 63.8 Å². The molecule has 0 aromatic heterocycles. The van der Waals surface area contributed by atoms with Gasteiger partial charge in [0.05, 0.1) is 0 Å². The van der Waals surface area contributed by atoms with Gasteiger partial charge in [-0.05, 0) is 18.2 Å². The van der Waals surface area contributed by atoms with Crippen molar-refractivity contribution < 1.29 is 5.11 Å². The predicted octanol–water partition coefficient (Wildman–Crippen LogP) is 4.35. The second-order valence-electron chi connectivity index (χ2n) is 4.02. The van der Waals surface area contributed by atoms with Crippen molar-refractivity contribution in [3.05, 3.63) is 35.5 Å². The number of halogens is 4. The summed E-state index contributed by atoms with van der Waals surface area (Å²) in [7, 11) is 0. The zero-order chi connectivity index (χ0) is 14.9. The predicted molar refractivity (Wildman–Crippen MR) is 84.8 cm³/mol. The third kappa shape index (κ3) is 3.79. The lowest BCUT2D eigenvalue weighted by molar-refractivity contribution is 0.477. The Kier molecular flexibility index (Phi) is 4.49. The zero-order valence-electron chi connectivity index (χ0n) is 10.00. The van der Waals surface area contributed by atoms with Crippen LogP contribution in [0.2, 0.25) is 5.02 Å². The molecule has 1 heterocycles. The van der Waals surface area contributed by atoms with Gasteiger partial charge < -0.3 is 10.4 Å². The molecule has 0 amide bonds. The van der Waals surface area contributed by atoms with Crippen LogP contribution in [0.3, 0.4) is 0 Å². The zero-order valence-corrected chi connectivity index (χ0v) is 13.0. The summed E-state index contributed by atoms with van der Waals surface area (Å²) in [5.41, 5.74) is 0.871. The first-order chi connectivity index (χ1) is 9.25. The highest BCUT2D eigenvalue weighted by Crippen LogP contribution is 2.32. The van der Waals surface area contributed by atoms with Crippen molar-refractivity contribution in [1.82, 2.24) is 5.32 Å². The Hall–Kier alpha value is -0.940. The van der Waals surface area contributed by atoms with Gasteiger partial charge in [0, 0.05) is 17.1 Å². The molecule has 2 rings (SSSR count). The monoisotopic (exact) mass is 351 g/mol. The molecule has 1 aromatic rings. The van der Waals surface area contributed by atoms with Gasteiger partial charge in [0.25, 0.3) is 0 Å². The number of nitrogens with one attached hydrogen (secondary N) is 1. The number of alkyl halides is 3. The summed E-state index contributed by atoms with van der Waals surface area (Å²) in [4.78, 5) is 8.32. The topological polar surface area (TPSA) is 57.0 Å². The standard InChI is InChI=1S/C12H9Cl4N3O/c1-6-4-10(19-11(17-6)12(14,15)16)18-8-5-7(13)2-3-9(8)20/h2-3,5,20H,1,4H2,(H,17,18,19). The van der Waals surface area contributed by atoms with E-state index in [1.54, 1.807) is 6.07 Å². The maximum absolute atomic E-state index is 9.73. The molecule has 0 radical (unpaired) electrons. The Morgan fingerprint density at radius 2 is 2.05 bits per heavy atom. The number of hydrogen-bond acceptors (Lipinski definition) is 3. The Morgan fingerprint density at radius 3 is 2.70 bits per heavy atom. The molecule has 0 fully saturated rings. The Labute approximate surface area is 135 Å². The molecule has 0 saturated heterocycles. The summed E-state index contributed by atoms with van der Waals surface area (Å²) in [6.45, 7) is 3.77. The van der Waals surface area contributed by atoms with E-state index in [4.69, 9.17) is 46.4 Å². The van der Waals surface area contributed by atoms with Gasteiger partial charge in [-0.15, -0.1) is 0 Å². The van der Waals surface area contributed by atoms with Crippen molar-refractivity contribution in [3.8, 4) is 5.75 Å². The number of aromatic hydroxyl groups is 1. The average molecular weight is 353 g/mol. The van der Waals surface area contributed by atoms with E-state index >= 15 is 0 Å². The number of nitrogens with zero attached hydrogens (tertiary/aromatic N) is 2. The molecule has 0 saturated carbocycles. The molecule has 0 spiro atoms. The fraction of sp³-hybridized carbons (Fsp3) is 0.167. The molecule has 1 aliphatic heterocycles. The Morgan fingerprint density at radius 1 is 1.35 bits per heavy atom. The first kappa shape index (κ1) is 15.4. The minimum Gasteiger partial charge on any atom is -0.506 e. The number of rotatable bonds is 1.